The van der Waals surface area contributed by atoms with E-state index >= 15 is 0 Å². The van der Waals surface area contributed by atoms with Crippen molar-refractivity contribution in [3.05, 3.63) is 127 Å². The Labute approximate surface area is 165 Å². The van der Waals surface area contributed by atoms with E-state index in [-0.39, 0.29) is 0 Å². The quantitative estimate of drug-likeness (QED) is 0.522. The zero-order chi connectivity index (χ0) is 20.2. The summed E-state index contributed by atoms with van der Waals surface area (Å²) in [6, 6.07) is 10.2. The third kappa shape index (κ3) is 5.46. The third-order valence-electron chi connectivity index (χ3n) is 4.11. The standard InChI is InChI=1S/C24H25N.C2H6/c1-6-13-22-17-16-19(5)25(23-14-11-10-12-15-23)24(9-4)21(8-3)18-20(22)7-2;1-2/h6-17H,2-5,18H2,1H3;1-2H3/b13-6-,17-16-,22-20-,24-21-;. The zero-order valence-electron chi connectivity index (χ0n) is 16.9. The monoisotopic (exact) mass is 357 g/mol. The minimum atomic E-state index is 0.731. The number of hydrogen-bond donors (Lipinski definition) is 0. The zero-order valence-corrected chi connectivity index (χ0v) is 16.9. The fourth-order valence-corrected chi connectivity index (χ4v) is 2.88. The smallest absolute Gasteiger partial charge is 0.0490 e. The maximum Gasteiger partial charge on any atom is 0.0490 e. The summed E-state index contributed by atoms with van der Waals surface area (Å²) in [7, 11) is 0. The largest absolute Gasteiger partial charge is 0.311 e. The van der Waals surface area contributed by atoms with Crippen molar-refractivity contribution in [2.75, 3.05) is 4.90 Å². The molecule has 0 aliphatic carbocycles. The van der Waals surface area contributed by atoms with Crippen molar-refractivity contribution in [3.63, 3.8) is 0 Å². The first-order chi connectivity index (χ1) is 13.2. The summed E-state index contributed by atoms with van der Waals surface area (Å²) in [6.45, 7) is 22.3. The average Bonchev–Trinajstić information content (AvgIpc) is 2.77. The first kappa shape index (κ1) is 22.0. The van der Waals surface area contributed by atoms with Crippen LogP contribution in [-0.4, -0.2) is 0 Å². The van der Waals surface area contributed by atoms with Gasteiger partial charge in [-0.15, -0.1) is 0 Å². The van der Waals surface area contributed by atoms with E-state index in [4.69, 9.17) is 0 Å². The van der Waals surface area contributed by atoms with Crippen molar-refractivity contribution in [2.24, 2.45) is 0 Å². The highest BCUT2D eigenvalue weighted by atomic mass is 15.1. The van der Waals surface area contributed by atoms with E-state index in [0.717, 1.165) is 40.2 Å². The molecule has 0 unspecified atom stereocenters. The van der Waals surface area contributed by atoms with Gasteiger partial charge in [-0.05, 0) is 47.9 Å². The van der Waals surface area contributed by atoms with Crippen LogP contribution in [0.2, 0.25) is 0 Å². The molecule has 1 heterocycles. The highest BCUT2D eigenvalue weighted by Gasteiger charge is 2.17. The highest BCUT2D eigenvalue weighted by Crippen LogP contribution is 2.32. The number of nitrogens with zero attached hydrogens (tertiary/aromatic N) is 1. The number of hydrogen-bond acceptors (Lipinski definition) is 1. The summed E-state index contributed by atoms with van der Waals surface area (Å²) in [6.07, 6.45) is 14.6. The Bertz CT molecular complexity index is 798. The second kappa shape index (κ2) is 11.5. The van der Waals surface area contributed by atoms with E-state index in [0.29, 0.717) is 0 Å². The van der Waals surface area contributed by atoms with Crippen molar-refractivity contribution in [3.8, 4) is 0 Å². The molecule has 1 nitrogen and oxygen atoms in total. The van der Waals surface area contributed by atoms with Gasteiger partial charge >= 0.3 is 0 Å². The fourth-order valence-electron chi connectivity index (χ4n) is 2.88. The lowest BCUT2D eigenvalue weighted by Gasteiger charge is -2.28. The lowest BCUT2D eigenvalue weighted by Crippen LogP contribution is -2.20. The number of benzene rings is 1. The van der Waals surface area contributed by atoms with Gasteiger partial charge in [0.15, 0.2) is 0 Å². The molecule has 1 aromatic rings. The van der Waals surface area contributed by atoms with Gasteiger partial charge in [0, 0.05) is 23.5 Å². The molecule has 0 radical (unpaired) electrons. The van der Waals surface area contributed by atoms with Gasteiger partial charge in [-0.2, -0.15) is 0 Å². The van der Waals surface area contributed by atoms with Gasteiger partial charge in [0.05, 0.1) is 0 Å². The molecule has 0 saturated heterocycles. The van der Waals surface area contributed by atoms with E-state index in [1.807, 2.05) is 69.4 Å². The molecule has 0 spiro atoms. The number of allylic oxidation sites excluding steroid dienone is 10. The SMILES string of the molecule is C=C/C1=C(\C=C/C)/C=C\C(=C)N(c2ccccc2)/C(C=C)=C(/C=C)C1.CC. The third-order valence-corrected chi connectivity index (χ3v) is 4.11. The maximum absolute atomic E-state index is 4.28. The molecule has 0 fully saturated rings. The maximum atomic E-state index is 4.28. The predicted molar refractivity (Wildman–Crippen MR) is 123 cm³/mol. The molecule has 27 heavy (non-hydrogen) atoms. The molecule has 140 valence electrons. The van der Waals surface area contributed by atoms with E-state index < -0.39 is 0 Å². The molecule has 0 atom stereocenters. The summed E-state index contributed by atoms with van der Waals surface area (Å²) in [5.74, 6) is 0. The molecular formula is C26H31N. The van der Waals surface area contributed by atoms with Gasteiger partial charge in [0.1, 0.15) is 0 Å². The minimum Gasteiger partial charge on any atom is -0.311 e. The van der Waals surface area contributed by atoms with Crippen LogP contribution in [0.1, 0.15) is 27.2 Å². The molecule has 0 amide bonds. The molecule has 1 aliphatic heterocycles. The number of rotatable bonds is 5. The first-order valence-corrected chi connectivity index (χ1v) is 9.34. The van der Waals surface area contributed by atoms with Crippen molar-refractivity contribution >= 4 is 5.69 Å². The van der Waals surface area contributed by atoms with Gasteiger partial charge in [-0.3, -0.25) is 0 Å². The normalized spacial score (nSPS) is 21.4. The second-order valence-electron chi connectivity index (χ2n) is 5.68. The van der Waals surface area contributed by atoms with Gasteiger partial charge in [-0.25, -0.2) is 0 Å². The molecule has 0 bridgehead atoms. The van der Waals surface area contributed by atoms with Crippen LogP contribution in [0.15, 0.2) is 127 Å². The van der Waals surface area contributed by atoms with E-state index in [2.05, 4.69) is 55.5 Å². The Morgan fingerprint density at radius 3 is 2.04 bits per heavy atom. The summed E-state index contributed by atoms with van der Waals surface area (Å²) in [5, 5.41) is 0. The van der Waals surface area contributed by atoms with E-state index in [9.17, 15) is 0 Å². The van der Waals surface area contributed by atoms with Crippen LogP contribution >= 0.6 is 0 Å². The van der Waals surface area contributed by atoms with Crippen LogP contribution in [0, 0.1) is 0 Å². The molecule has 0 N–H and O–H groups in total. The fraction of sp³-hybridized carbons (Fsp3) is 0.154. The molecule has 0 aromatic heterocycles. The van der Waals surface area contributed by atoms with Crippen molar-refractivity contribution < 1.29 is 0 Å². The number of anilines is 1. The average molecular weight is 358 g/mol. The molecule has 2 rings (SSSR count). The minimum absolute atomic E-state index is 0.731. The van der Waals surface area contributed by atoms with Crippen LogP contribution in [0.3, 0.4) is 0 Å². The summed E-state index contributed by atoms with van der Waals surface area (Å²) in [4.78, 5) is 2.11. The van der Waals surface area contributed by atoms with Gasteiger partial charge in [0.25, 0.3) is 0 Å². The molecule has 1 aliphatic rings. The Morgan fingerprint density at radius 2 is 1.52 bits per heavy atom. The molecule has 0 saturated carbocycles. The van der Waals surface area contributed by atoms with E-state index in [1.54, 1.807) is 0 Å². The molecule has 1 aromatic carbocycles. The summed E-state index contributed by atoms with van der Waals surface area (Å²) >= 11 is 0. The van der Waals surface area contributed by atoms with Crippen LogP contribution in [0.5, 0.6) is 0 Å². The summed E-state index contributed by atoms with van der Waals surface area (Å²) < 4.78 is 0. The summed E-state index contributed by atoms with van der Waals surface area (Å²) in [5.41, 5.74) is 6.24. The van der Waals surface area contributed by atoms with Crippen LogP contribution in [-0.2, 0) is 0 Å². The Kier molecular flexibility index (Phi) is 9.39. The Morgan fingerprint density at radius 1 is 0.889 bits per heavy atom. The first-order valence-electron chi connectivity index (χ1n) is 9.34. The van der Waals surface area contributed by atoms with Gasteiger partial charge in [-0.1, -0.05) is 88.7 Å². The van der Waals surface area contributed by atoms with Gasteiger partial charge < -0.3 is 4.90 Å². The second-order valence-corrected chi connectivity index (χ2v) is 5.68. The lowest BCUT2D eigenvalue weighted by molar-refractivity contribution is 1.08. The van der Waals surface area contributed by atoms with Gasteiger partial charge in [0.2, 0.25) is 0 Å². The predicted octanol–water partition coefficient (Wildman–Crippen LogP) is 7.68. The Hall–Kier alpha value is -3.06. The number of para-hydroxylation sites is 1. The Balaban J connectivity index is 0.00000176. The van der Waals surface area contributed by atoms with Crippen LogP contribution in [0.25, 0.3) is 0 Å². The van der Waals surface area contributed by atoms with Crippen LogP contribution in [0.4, 0.5) is 5.69 Å². The van der Waals surface area contributed by atoms with Crippen molar-refractivity contribution in [1.29, 1.82) is 0 Å². The van der Waals surface area contributed by atoms with E-state index in [1.165, 1.54) is 0 Å². The topological polar surface area (TPSA) is 3.24 Å². The van der Waals surface area contributed by atoms with Crippen molar-refractivity contribution in [1.82, 2.24) is 0 Å². The van der Waals surface area contributed by atoms with Crippen molar-refractivity contribution in [2.45, 2.75) is 27.2 Å². The lowest BCUT2D eigenvalue weighted by atomic mass is 9.97. The van der Waals surface area contributed by atoms with Crippen LogP contribution < -0.4 is 4.90 Å². The highest BCUT2D eigenvalue weighted by molar-refractivity contribution is 5.65. The molecular weight excluding hydrogens is 326 g/mol. The molecule has 1 heteroatoms.